The molecule has 0 radical (unpaired) electrons. The van der Waals surface area contributed by atoms with Crippen molar-refractivity contribution in [2.24, 2.45) is 11.7 Å². The first kappa shape index (κ1) is 12.5. The molecule has 92 valence electrons. The zero-order valence-corrected chi connectivity index (χ0v) is 10.8. The SMILES string of the molecule is NC1CCCC1C(=O)Nc1cc(Br)ccc1F. The largest absolute Gasteiger partial charge is 0.327 e. The smallest absolute Gasteiger partial charge is 0.229 e. The van der Waals surface area contributed by atoms with Gasteiger partial charge in [0.2, 0.25) is 5.91 Å². The quantitative estimate of drug-likeness (QED) is 0.882. The van der Waals surface area contributed by atoms with Crippen molar-refractivity contribution in [1.82, 2.24) is 0 Å². The van der Waals surface area contributed by atoms with Crippen molar-refractivity contribution in [3.63, 3.8) is 0 Å². The van der Waals surface area contributed by atoms with E-state index in [2.05, 4.69) is 21.2 Å². The molecule has 1 saturated carbocycles. The van der Waals surface area contributed by atoms with Crippen LogP contribution in [0.25, 0.3) is 0 Å². The Hall–Kier alpha value is -0.940. The van der Waals surface area contributed by atoms with Crippen LogP contribution in [-0.2, 0) is 4.79 Å². The van der Waals surface area contributed by atoms with Crippen LogP contribution in [0.5, 0.6) is 0 Å². The molecule has 0 aliphatic heterocycles. The molecule has 3 N–H and O–H groups in total. The summed E-state index contributed by atoms with van der Waals surface area (Å²) in [6, 6.07) is 4.35. The Morgan fingerprint density at radius 2 is 2.24 bits per heavy atom. The highest BCUT2D eigenvalue weighted by atomic mass is 79.9. The van der Waals surface area contributed by atoms with Gasteiger partial charge in [0.15, 0.2) is 0 Å². The van der Waals surface area contributed by atoms with Crippen LogP contribution < -0.4 is 11.1 Å². The fourth-order valence-electron chi connectivity index (χ4n) is 2.13. The molecular formula is C12H14BrFN2O. The summed E-state index contributed by atoms with van der Waals surface area (Å²) in [4.78, 5) is 11.9. The molecule has 1 aromatic rings. The highest BCUT2D eigenvalue weighted by Crippen LogP contribution is 2.26. The Balaban J connectivity index is 2.10. The fourth-order valence-corrected chi connectivity index (χ4v) is 2.49. The summed E-state index contributed by atoms with van der Waals surface area (Å²) < 4.78 is 14.2. The maximum Gasteiger partial charge on any atom is 0.229 e. The maximum atomic E-state index is 13.4. The summed E-state index contributed by atoms with van der Waals surface area (Å²) in [5, 5.41) is 2.60. The number of rotatable bonds is 2. The number of hydrogen-bond acceptors (Lipinski definition) is 2. The second-order valence-corrected chi connectivity index (χ2v) is 5.23. The van der Waals surface area contributed by atoms with E-state index in [0.29, 0.717) is 0 Å². The van der Waals surface area contributed by atoms with Gasteiger partial charge in [0, 0.05) is 10.5 Å². The van der Waals surface area contributed by atoms with Crippen molar-refractivity contribution in [3.8, 4) is 0 Å². The van der Waals surface area contributed by atoms with E-state index in [1.165, 1.54) is 6.07 Å². The van der Waals surface area contributed by atoms with Gasteiger partial charge in [-0.3, -0.25) is 4.79 Å². The molecule has 0 bridgehead atoms. The number of carbonyl (C=O) groups excluding carboxylic acids is 1. The first-order valence-electron chi connectivity index (χ1n) is 5.59. The molecule has 0 heterocycles. The lowest BCUT2D eigenvalue weighted by molar-refractivity contribution is -0.120. The van der Waals surface area contributed by atoms with Crippen LogP contribution in [0.1, 0.15) is 19.3 Å². The third kappa shape index (κ3) is 2.84. The van der Waals surface area contributed by atoms with E-state index >= 15 is 0 Å². The molecule has 1 amide bonds. The van der Waals surface area contributed by atoms with Gasteiger partial charge in [-0.05, 0) is 31.0 Å². The predicted molar refractivity (Wildman–Crippen MR) is 68.0 cm³/mol. The third-order valence-corrected chi connectivity index (χ3v) is 3.59. The van der Waals surface area contributed by atoms with Crippen LogP contribution >= 0.6 is 15.9 Å². The van der Waals surface area contributed by atoms with E-state index in [1.54, 1.807) is 12.1 Å². The number of benzene rings is 1. The second-order valence-electron chi connectivity index (χ2n) is 4.31. The van der Waals surface area contributed by atoms with E-state index < -0.39 is 5.82 Å². The molecule has 3 nitrogen and oxygen atoms in total. The number of hydrogen-bond donors (Lipinski definition) is 2. The van der Waals surface area contributed by atoms with E-state index in [9.17, 15) is 9.18 Å². The van der Waals surface area contributed by atoms with Crippen LogP contribution in [0, 0.1) is 11.7 Å². The zero-order chi connectivity index (χ0) is 12.4. The molecule has 0 saturated heterocycles. The van der Waals surface area contributed by atoms with Gasteiger partial charge >= 0.3 is 0 Å². The molecule has 1 aliphatic carbocycles. The standard InChI is InChI=1S/C12H14BrFN2O/c13-7-4-5-9(14)11(6-7)16-12(17)8-2-1-3-10(8)15/h4-6,8,10H,1-3,15H2,(H,16,17). The first-order chi connectivity index (χ1) is 8.08. The monoisotopic (exact) mass is 300 g/mol. The molecule has 0 spiro atoms. The third-order valence-electron chi connectivity index (χ3n) is 3.09. The minimum atomic E-state index is -0.437. The van der Waals surface area contributed by atoms with Crippen molar-refractivity contribution in [2.75, 3.05) is 5.32 Å². The Morgan fingerprint density at radius 1 is 1.47 bits per heavy atom. The van der Waals surface area contributed by atoms with Gasteiger partial charge in [-0.2, -0.15) is 0 Å². The molecule has 0 aromatic heterocycles. The predicted octanol–water partition coefficient (Wildman–Crippen LogP) is 2.65. The number of anilines is 1. The fraction of sp³-hybridized carbons (Fsp3) is 0.417. The van der Waals surface area contributed by atoms with Crippen LogP contribution in [0.4, 0.5) is 10.1 Å². The van der Waals surface area contributed by atoms with E-state index in [0.717, 1.165) is 23.7 Å². The lowest BCUT2D eigenvalue weighted by Gasteiger charge is -2.15. The Bertz CT molecular complexity index is 439. The molecule has 1 aliphatic rings. The summed E-state index contributed by atoms with van der Waals surface area (Å²) >= 11 is 3.24. The van der Waals surface area contributed by atoms with Crippen LogP contribution in [0.3, 0.4) is 0 Å². The molecule has 2 rings (SSSR count). The summed E-state index contributed by atoms with van der Waals surface area (Å²) in [7, 11) is 0. The lowest BCUT2D eigenvalue weighted by atomic mass is 10.0. The topological polar surface area (TPSA) is 55.1 Å². The average molecular weight is 301 g/mol. The zero-order valence-electron chi connectivity index (χ0n) is 9.25. The second kappa shape index (κ2) is 5.14. The lowest BCUT2D eigenvalue weighted by Crippen LogP contribution is -2.34. The van der Waals surface area contributed by atoms with Crippen LogP contribution in [0.2, 0.25) is 0 Å². The highest BCUT2D eigenvalue weighted by molar-refractivity contribution is 9.10. The van der Waals surface area contributed by atoms with Gasteiger partial charge < -0.3 is 11.1 Å². The normalized spacial score (nSPS) is 23.7. The Kier molecular flexibility index (Phi) is 3.79. The van der Waals surface area contributed by atoms with Gasteiger partial charge in [-0.1, -0.05) is 22.4 Å². The Labute approximate surface area is 108 Å². The summed E-state index contributed by atoms with van der Waals surface area (Å²) in [6.45, 7) is 0. The van der Waals surface area contributed by atoms with Gasteiger partial charge in [-0.15, -0.1) is 0 Å². The van der Waals surface area contributed by atoms with Gasteiger partial charge in [0.05, 0.1) is 11.6 Å². The summed E-state index contributed by atoms with van der Waals surface area (Å²) in [6.07, 6.45) is 2.60. The van der Waals surface area contributed by atoms with Gasteiger partial charge in [-0.25, -0.2) is 4.39 Å². The van der Waals surface area contributed by atoms with Crippen LogP contribution in [0.15, 0.2) is 22.7 Å². The number of nitrogens with one attached hydrogen (secondary N) is 1. The molecule has 17 heavy (non-hydrogen) atoms. The van der Waals surface area contributed by atoms with E-state index in [4.69, 9.17) is 5.73 Å². The number of halogens is 2. The molecular weight excluding hydrogens is 287 g/mol. The van der Waals surface area contributed by atoms with Crippen LogP contribution in [-0.4, -0.2) is 11.9 Å². The first-order valence-corrected chi connectivity index (χ1v) is 6.38. The number of carbonyl (C=O) groups is 1. The summed E-state index contributed by atoms with van der Waals surface area (Å²) in [5.41, 5.74) is 6.04. The van der Waals surface area contributed by atoms with Crippen molar-refractivity contribution in [1.29, 1.82) is 0 Å². The van der Waals surface area contributed by atoms with E-state index in [1.807, 2.05) is 0 Å². The van der Waals surface area contributed by atoms with Gasteiger partial charge in [0.1, 0.15) is 5.82 Å². The molecule has 1 fully saturated rings. The molecule has 2 atom stereocenters. The minimum Gasteiger partial charge on any atom is -0.327 e. The van der Waals surface area contributed by atoms with Crippen molar-refractivity contribution >= 4 is 27.5 Å². The van der Waals surface area contributed by atoms with Gasteiger partial charge in [0.25, 0.3) is 0 Å². The van der Waals surface area contributed by atoms with E-state index in [-0.39, 0.29) is 23.6 Å². The number of amides is 1. The summed E-state index contributed by atoms with van der Waals surface area (Å²) in [5.74, 6) is -0.825. The Morgan fingerprint density at radius 3 is 2.88 bits per heavy atom. The van der Waals surface area contributed by atoms with Crippen molar-refractivity contribution in [3.05, 3.63) is 28.5 Å². The number of nitrogens with two attached hydrogens (primary N) is 1. The highest BCUT2D eigenvalue weighted by Gasteiger charge is 2.30. The maximum absolute atomic E-state index is 13.4. The molecule has 5 heteroatoms. The van der Waals surface area contributed by atoms with Crippen molar-refractivity contribution in [2.45, 2.75) is 25.3 Å². The van der Waals surface area contributed by atoms with Crippen molar-refractivity contribution < 1.29 is 9.18 Å². The molecule has 1 aromatic carbocycles. The minimum absolute atomic E-state index is 0.106. The average Bonchev–Trinajstić information content (AvgIpc) is 2.70. The molecule has 2 unspecified atom stereocenters.